The molecule has 0 atom stereocenters. The molecule has 0 fully saturated rings. The second-order valence-corrected chi connectivity index (χ2v) is 2.22. The predicted molar refractivity (Wildman–Crippen MR) is 39.0 cm³/mol. The molecule has 0 unspecified atom stereocenters. The van der Waals surface area contributed by atoms with Gasteiger partial charge in [0.1, 0.15) is 6.33 Å². The van der Waals surface area contributed by atoms with Crippen LogP contribution >= 0.6 is 0 Å². The summed E-state index contributed by atoms with van der Waals surface area (Å²) >= 11 is 0. The van der Waals surface area contributed by atoms with E-state index in [0.717, 1.165) is 5.69 Å². The van der Waals surface area contributed by atoms with E-state index in [4.69, 9.17) is 0 Å². The van der Waals surface area contributed by atoms with Crippen LogP contribution in [0, 0.1) is 0 Å². The van der Waals surface area contributed by atoms with Crippen molar-refractivity contribution < 1.29 is 0 Å². The minimum absolute atomic E-state index is 0.556. The molecule has 0 saturated carbocycles. The molecule has 2 aromatic rings. The maximum Gasteiger partial charge on any atom is 0.138 e. The number of tetrazole rings is 1. The van der Waals surface area contributed by atoms with Crippen LogP contribution in [-0.4, -0.2) is 30.4 Å². The Labute approximate surface area is 68.2 Å². The molecule has 0 aliphatic rings. The van der Waals surface area contributed by atoms with Crippen LogP contribution in [0.25, 0.3) is 0 Å². The molecule has 0 aliphatic heterocycles. The summed E-state index contributed by atoms with van der Waals surface area (Å²) in [7, 11) is 0. The number of nitrogens with zero attached hydrogens (tertiary/aromatic N) is 6. The van der Waals surface area contributed by atoms with Crippen LogP contribution in [0.5, 0.6) is 0 Å². The maximum absolute atomic E-state index is 3.89. The summed E-state index contributed by atoms with van der Waals surface area (Å²) in [6.07, 6.45) is 3.16. The Kier molecular flexibility index (Phi) is 1.73. The number of hydrogen-bond donors (Lipinski definition) is 0. The lowest BCUT2D eigenvalue weighted by molar-refractivity contribution is 0.630. The van der Waals surface area contributed by atoms with Gasteiger partial charge in [0.15, 0.2) is 0 Å². The minimum atomic E-state index is 0.556. The number of rotatable bonds is 2. The summed E-state index contributed by atoms with van der Waals surface area (Å²) in [5.41, 5.74) is 0.838. The second-order valence-electron chi connectivity index (χ2n) is 2.22. The van der Waals surface area contributed by atoms with Gasteiger partial charge in [-0.3, -0.25) is 0 Å². The van der Waals surface area contributed by atoms with Crippen molar-refractivity contribution in [2.75, 3.05) is 0 Å². The molecule has 0 N–H and O–H groups in total. The van der Waals surface area contributed by atoms with Gasteiger partial charge in [-0.1, -0.05) is 0 Å². The molecule has 6 nitrogen and oxygen atoms in total. The molecule has 0 aromatic carbocycles. The Morgan fingerprint density at radius 2 is 2.33 bits per heavy atom. The molecule has 2 rings (SSSR count). The first-order valence-electron chi connectivity index (χ1n) is 3.42. The first-order chi connectivity index (χ1) is 5.95. The third-order valence-corrected chi connectivity index (χ3v) is 1.34. The number of aromatic nitrogens is 6. The van der Waals surface area contributed by atoms with E-state index in [-0.39, 0.29) is 0 Å². The highest BCUT2D eigenvalue weighted by Gasteiger charge is 1.95. The van der Waals surface area contributed by atoms with E-state index in [1.807, 2.05) is 12.1 Å². The summed E-state index contributed by atoms with van der Waals surface area (Å²) < 4.78 is 1.59. The van der Waals surface area contributed by atoms with Crippen LogP contribution in [0.4, 0.5) is 0 Å². The van der Waals surface area contributed by atoms with Gasteiger partial charge in [-0.15, -0.1) is 5.10 Å². The van der Waals surface area contributed by atoms with Gasteiger partial charge >= 0.3 is 0 Å². The summed E-state index contributed by atoms with van der Waals surface area (Å²) in [4.78, 5) is 0. The standard InChI is InChI=1S/C6H6N6/c1-2-6(9-7-3-1)4-12-5-8-10-11-12/h1-3,5H,4H2. The topological polar surface area (TPSA) is 69.4 Å². The molecule has 2 aromatic heterocycles. The van der Waals surface area contributed by atoms with Gasteiger partial charge in [0, 0.05) is 6.20 Å². The maximum atomic E-state index is 3.89. The molecule has 6 heteroatoms. The lowest BCUT2D eigenvalue weighted by Gasteiger charge is -1.95. The third-order valence-electron chi connectivity index (χ3n) is 1.34. The zero-order valence-corrected chi connectivity index (χ0v) is 6.20. The largest absolute Gasteiger partial charge is 0.226 e. The Morgan fingerprint density at radius 3 is 3.00 bits per heavy atom. The molecule has 0 bridgehead atoms. The van der Waals surface area contributed by atoms with Gasteiger partial charge in [-0.05, 0) is 22.6 Å². The molecule has 2 heterocycles. The van der Waals surface area contributed by atoms with E-state index in [2.05, 4.69) is 25.7 Å². The lowest BCUT2D eigenvalue weighted by atomic mass is 10.4. The Hall–Kier alpha value is -1.85. The fourth-order valence-corrected chi connectivity index (χ4v) is 0.836. The lowest BCUT2D eigenvalue weighted by Crippen LogP contribution is -2.02. The molecule has 60 valence electrons. The van der Waals surface area contributed by atoms with Gasteiger partial charge in [-0.2, -0.15) is 10.2 Å². The summed E-state index contributed by atoms with van der Waals surface area (Å²) in [5, 5.41) is 18.3. The molecule has 0 spiro atoms. The number of hydrogen-bond acceptors (Lipinski definition) is 5. The Balaban J connectivity index is 2.15. The van der Waals surface area contributed by atoms with Crippen LogP contribution in [0.3, 0.4) is 0 Å². The first kappa shape index (κ1) is 6.84. The van der Waals surface area contributed by atoms with E-state index in [1.165, 1.54) is 6.33 Å². The average Bonchev–Trinajstić information content (AvgIpc) is 2.59. The fourth-order valence-electron chi connectivity index (χ4n) is 0.836. The van der Waals surface area contributed by atoms with Crippen molar-refractivity contribution >= 4 is 0 Å². The van der Waals surface area contributed by atoms with Crippen molar-refractivity contribution in [1.29, 1.82) is 0 Å². The van der Waals surface area contributed by atoms with Crippen molar-refractivity contribution in [3.8, 4) is 0 Å². The van der Waals surface area contributed by atoms with Crippen molar-refractivity contribution in [2.45, 2.75) is 6.54 Å². The Morgan fingerprint density at radius 1 is 1.33 bits per heavy atom. The van der Waals surface area contributed by atoms with Gasteiger partial charge in [0.2, 0.25) is 0 Å². The second kappa shape index (κ2) is 3.04. The smallest absolute Gasteiger partial charge is 0.138 e. The summed E-state index contributed by atoms with van der Waals surface area (Å²) in [6, 6.07) is 3.70. The highest BCUT2D eigenvalue weighted by atomic mass is 15.5. The first-order valence-corrected chi connectivity index (χ1v) is 3.42. The SMILES string of the molecule is c1cnnc(Cn2cnnn2)c1. The molecule has 0 amide bonds. The van der Waals surface area contributed by atoms with Crippen molar-refractivity contribution in [3.05, 3.63) is 30.4 Å². The average molecular weight is 162 g/mol. The van der Waals surface area contributed by atoms with Crippen molar-refractivity contribution in [3.63, 3.8) is 0 Å². The van der Waals surface area contributed by atoms with Crippen LogP contribution in [-0.2, 0) is 6.54 Å². The van der Waals surface area contributed by atoms with E-state index < -0.39 is 0 Å². The highest BCUT2D eigenvalue weighted by Crippen LogP contribution is 1.92. The summed E-state index contributed by atoms with van der Waals surface area (Å²) in [5.74, 6) is 0. The van der Waals surface area contributed by atoms with Crippen LogP contribution in [0.1, 0.15) is 5.69 Å². The van der Waals surface area contributed by atoms with Gasteiger partial charge in [0.05, 0.1) is 12.2 Å². The van der Waals surface area contributed by atoms with Gasteiger partial charge < -0.3 is 0 Å². The molecular formula is C6H6N6. The fraction of sp³-hybridized carbons (Fsp3) is 0.167. The predicted octanol–water partition coefficient (Wildman–Crippen LogP) is -0.489. The van der Waals surface area contributed by atoms with E-state index in [0.29, 0.717) is 6.54 Å². The normalized spacial score (nSPS) is 10.0. The molecule has 0 aliphatic carbocycles. The van der Waals surface area contributed by atoms with Gasteiger partial charge in [-0.25, -0.2) is 4.68 Å². The molecule has 0 saturated heterocycles. The zero-order chi connectivity index (χ0) is 8.23. The summed E-state index contributed by atoms with van der Waals surface area (Å²) in [6.45, 7) is 0.556. The Bertz CT molecular complexity index is 328. The van der Waals surface area contributed by atoms with E-state index in [1.54, 1.807) is 10.9 Å². The van der Waals surface area contributed by atoms with Crippen LogP contribution in [0.15, 0.2) is 24.7 Å². The molecule has 12 heavy (non-hydrogen) atoms. The monoisotopic (exact) mass is 162 g/mol. The van der Waals surface area contributed by atoms with Crippen LogP contribution < -0.4 is 0 Å². The van der Waals surface area contributed by atoms with E-state index >= 15 is 0 Å². The molecular weight excluding hydrogens is 156 g/mol. The highest BCUT2D eigenvalue weighted by molar-refractivity contribution is 4.98. The third kappa shape index (κ3) is 1.42. The zero-order valence-electron chi connectivity index (χ0n) is 6.20. The van der Waals surface area contributed by atoms with Crippen molar-refractivity contribution in [2.24, 2.45) is 0 Å². The quantitative estimate of drug-likeness (QED) is 0.596. The molecule has 0 radical (unpaired) electrons. The minimum Gasteiger partial charge on any atom is -0.226 e. The van der Waals surface area contributed by atoms with Crippen molar-refractivity contribution in [1.82, 2.24) is 30.4 Å². The van der Waals surface area contributed by atoms with Gasteiger partial charge in [0.25, 0.3) is 0 Å². The van der Waals surface area contributed by atoms with E-state index in [9.17, 15) is 0 Å². The van der Waals surface area contributed by atoms with Crippen LogP contribution in [0.2, 0.25) is 0 Å².